The third-order valence-corrected chi connectivity index (χ3v) is 3.43. The van der Waals surface area contributed by atoms with Crippen LogP contribution in [0.25, 0.3) is 0 Å². The van der Waals surface area contributed by atoms with Gasteiger partial charge >= 0.3 is 0 Å². The SMILES string of the molecule is Cc1cc(N2CCNCC2=O)ccc1Br. The fourth-order valence-corrected chi connectivity index (χ4v) is 1.92. The third kappa shape index (κ3) is 2.21. The van der Waals surface area contributed by atoms with Gasteiger partial charge in [0.25, 0.3) is 0 Å². The van der Waals surface area contributed by atoms with E-state index in [4.69, 9.17) is 0 Å². The number of amides is 1. The second-order valence-corrected chi connectivity index (χ2v) is 4.51. The number of benzene rings is 1. The first-order valence-electron chi connectivity index (χ1n) is 4.96. The zero-order valence-corrected chi connectivity index (χ0v) is 10.2. The lowest BCUT2D eigenvalue weighted by Gasteiger charge is -2.27. The molecule has 1 aliphatic heterocycles. The second-order valence-electron chi connectivity index (χ2n) is 3.66. The summed E-state index contributed by atoms with van der Waals surface area (Å²) in [7, 11) is 0. The number of nitrogens with zero attached hydrogens (tertiary/aromatic N) is 1. The molecule has 0 unspecified atom stereocenters. The average Bonchev–Trinajstić information content (AvgIpc) is 2.23. The first kappa shape index (κ1) is 10.6. The predicted octanol–water partition coefficient (Wildman–Crippen LogP) is 1.69. The molecule has 1 N–H and O–H groups in total. The van der Waals surface area contributed by atoms with Crippen LogP contribution in [0.4, 0.5) is 5.69 Å². The van der Waals surface area contributed by atoms with Gasteiger partial charge in [0, 0.05) is 23.2 Å². The molecular weight excluding hydrogens is 256 g/mol. The maximum Gasteiger partial charge on any atom is 0.240 e. The molecular formula is C11H13BrN2O. The van der Waals surface area contributed by atoms with E-state index in [9.17, 15) is 4.79 Å². The number of piperazine rings is 1. The molecule has 1 heterocycles. The Morgan fingerprint density at radius 2 is 2.27 bits per heavy atom. The highest BCUT2D eigenvalue weighted by Crippen LogP contribution is 2.23. The van der Waals surface area contributed by atoms with Crippen LogP contribution in [-0.4, -0.2) is 25.5 Å². The number of halogens is 1. The molecule has 1 aromatic carbocycles. The van der Waals surface area contributed by atoms with Gasteiger partial charge in [-0.2, -0.15) is 0 Å². The Kier molecular flexibility index (Phi) is 3.07. The van der Waals surface area contributed by atoms with E-state index in [1.807, 2.05) is 30.0 Å². The number of hydrogen-bond donors (Lipinski definition) is 1. The molecule has 1 amide bonds. The summed E-state index contributed by atoms with van der Waals surface area (Å²) < 4.78 is 1.08. The van der Waals surface area contributed by atoms with E-state index in [1.54, 1.807) is 0 Å². The van der Waals surface area contributed by atoms with Crippen LogP contribution in [0.15, 0.2) is 22.7 Å². The Balaban J connectivity index is 2.28. The van der Waals surface area contributed by atoms with Crippen molar-refractivity contribution in [3.8, 4) is 0 Å². The largest absolute Gasteiger partial charge is 0.310 e. The molecule has 1 fully saturated rings. The lowest BCUT2D eigenvalue weighted by Crippen LogP contribution is -2.48. The lowest BCUT2D eigenvalue weighted by atomic mass is 10.2. The topological polar surface area (TPSA) is 32.3 Å². The minimum atomic E-state index is 0.142. The molecule has 3 nitrogen and oxygen atoms in total. The number of nitrogens with one attached hydrogen (secondary N) is 1. The zero-order chi connectivity index (χ0) is 10.8. The van der Waals surface area contributed by atoms with Gasteiger partial charge in [-0.05, 0) is 30.7 Å². The number of rotatable bonds is 1. The maximum absolute atomic E-state index is 11.6. The smallest absolute Gasteiger partial charge is 0.240 e. The Hall–Kier alpha value is -0.870. The van der Waals surface area contributed by atoms with Crippen molar-refractivity contribution < 1.29 is 4.79 Å². The Morgan fingerprint density at radius 1 is 1.47 bits per heavy atom. The van der Waals surface area contributed by atoms with Crippen molar-refractivity contribution in [1.29, 1.82) is 0 Å². The highest BCUT2D eigenvalue weighted by atomic mass is 79.9. The van der Waals surface area contributed by atoms with Crippen LogP contribution in [0.2, 0.25) is 0 Å². The summed E-state index contributed by atoms with van der Waals surface area (Å²) in [5, 5.41) is 3.06. The molecule has 0 radical (unpaired) electrons. The lowest BCUT2D eigenvalue weighted by molar-refractivity contribution is -0.118. The summed E-state index contributed by atoms with van der Waals surface area (Å²) >= 11 is 3.45. The quantitative estimate of drug-likeness (QED) is 0.841. The molecule has 4 heteroatoms. The van der Waals surface area contributed by atoms with Gasteiger partial charge in [0.05, 0.1) is 6.54 Å². The molecule has 15 heavy (non-hydrogen) atoms. The van der Waals surface area contributed by atoms with Gasteiger partial charge in [-0.1, -0.05) is 15.9 Å². The van der Waals surface area contributed by atoms with Crippen LogP contribution >= 0.6 is 15.9 Å². The van der Waals surface area contributed by atoms with Crippen LogP contribution in [0.1, 0.15) is 5.56 Å². The van der Waals surface area contributed by atoms with Crippen molar-refractivity contribution in [2.75, 3.05) is 24.5 Å². The summed E-state index contributed by atoms with van der Waals surface area (Å²) in [6, 6.07) is 5.99. The van der Waals surface area contributed by atoms with Crippen molar-refractivity contribution >= 4 is 27.5 Å². The normalized spacial score (nSPS) is 16.9. The van der Waals surface area contributed by atoms with Gasteiger partial charge in [-0.15, -0.1) is 0 Å². The first-order valence-corrected chi connectivity index (χ1v) is 5.75. The molecule has 1 saturated heterocycles. The van der Waals surface area contributed by atoms with E-state index in [0.717, 1.165) is 28.8 Å². The molecule has 0 aliphatic carbocycles. The van der Waals surface area contributed by atoms with E-state index >= 15 is 0 Å². The molecule has 0 aromatic heterocycles. The van der Waals surface area contributed by atoms with Gasteiger partial charge in [-0.3, -0.25) is 4.79 Å². The minimum Gasteiger partial charge on any atom is -0.310 e. The van der Waals surface area contributed by atoms with Crippen molar-refractivity contribution in [3.63, 3.8) is 0 Å². The summed E-state index contributed by atoms with van der Waals surface area (Å²) in [5.74, 6) is 0.142. The van der Waals surface area contributed by atoms with Crippen LogP contribution < -0.4 is 10.2 Å². The number of anilines is 1. The summed E-state index contributed by atoms with van der Waals surface area (Å²) in [4.78, 5) is 13.5. The summed E-state index contributed by atoms with van der Waals surface area (Å²) in [6.07, 6.45) is 0. The van der Waals surface area contributed by atoms with E-state index in [2.05, 4.69) is 21.2 Å². The molecule has 80 valence electrons. The average molecular weight is 269 g/mol. The standard InChI is InChI=1S/C11H13BrN2O/c1-8-6-9(2-3-10(8)12)14-5-4-13-7-11(14)15/h2-3,6,13H,4-5,7H2,1H3. The van der Waals surface area contributed by atoms with E-state index in [1.165, 1.54) is 0 Å². The molecule has 0 saturated carbocycles. The Bertz CT molecular complexity index is 392. The molecule has 1 aliphatic rings. The van der Waals surface area contributed by atoms with E-state index in [0.29, 0.717) is 6.54 Å². The van der Waals surface area contributed by atoms with Crippen molar-refractivity contribution in [1.82, 2.24) is 5.32 Å². The predicted molar refractivity (Wildman–Crippen MR) is 64.1 cm³/mol. The molecule has 0 atom stereocenters. The van der Waals surface area contributed by atoms with Crippen molar-refractivity contribution in [2.24, 2.45) is 0 Å². The van der Waals surface area contributed by atoms with E-state index < -0.39 is 0 Å². The maximum atomic E-state index is 11.6. The zero-order valence-electron chi connectivity index (χ0n) is 8.59. The number of aryl methyl sites for hydroxylation is 1. The molecule has 1 aromatic rings. The van der Waals surface area contributed by atoms with Gasteiger partial charge in [0.15, 0.2) is 0 Å². The van der Waals surface area contributed by atoms with Crippen LogP contribution in [-0.2, 0) is 4.79 Å². The van der Waals surface area contributed by atoms with E-state index in [-0.39, 0.29) is 5.91 Å². The van der Waals surface area contributed by atoms with Gasteiger partial charge in [-0.25, -0.2) is 0 Å². The Morgan fingerprint density at radius 3 is 2.93 bits per heavy atom. The van der Waals surface area contributed by atoms with Gasteiger partial charge in [0.2, 0.25) is 5.91 Å². The van der Waals surface area contributed by atoms with Gasteiger partial charge in [0.1, 0.15) is 0 Å². The van der Waals surface area contributed by atoms with Crippen molar-refractivity contribution in [2.45, 2.75) is 6.92 Å². The number of carbonyl (C=O) groups is 1. The fourth-order valence-electron chi connectivity index (χ4n) is 1.68. The molecule has 2 rings (SSSR count). The molecule has 0 spiro atoms. The fraction of sp³-hybridized carbons (Fsp3) is 0.364. The number of carbonyl (C=O) groups excluding carboxylic acids is 1. The summed E-state index contributed by atoms with van der Waals surface area (Å²) in [5.41, 5.74) is 2.14. The monoisotopic (exact) mass is 268 g/mol. The molecule has 0 bridgehead atoms. The first-order chi connectivity index (χ1) is 7.18. The highest BCUT2D eigenvalue weighted by Gasteiger charge is 2.19. The van der Waals surface area contributed by atoms with Crippen LogP contribution in [0.3, 0.4) is 0 Å². The number of hydrogen-bond acceptors (Lipinski definition) is 2. The minimum absolute atomic E-state index is 0.142. The third-order valence-electron chi connectivity index (χ3n) is 2.54. The van der Waals surface area contributed by atoms with Crippen molar-refractivity contribution in [3.05, 3.63) is 28.2 Å². The second kappa shape index (κ2) is 4.33. The van der Waals surface area contributed by atoms with Crippen LogP contribution in [0, 0.1) is 6.92 Å². The summed E-state index contributed by atoms with van der Waals surface area (Å²) in [6.45, 7) is 4.08. The highest BCUT2D eigenvalue weighted by molar-refractivity contribution is 9.10. The van der Waals surface area contributed by atoms with Crippen LogP contribution in [0.5, 0.6) is 0 Å². The Labute approximate surface area is 97.6 Å². The van der Waals surface area contributed by atoms with Gasteiger partial charge < -0.3 is 10.2 Å².